The summed E-state index contributed by atoms with van der Waals surface area (Å²) >= 11 is 0. The fourth-order valence-corrected chi connectivity index (χ4v) is 6.63. The Bertz CT molecular complexity index is 387. The van der Waals surface area contributed by atoms with E-state index in [1.165, 1.54) is 38.5 Å². The number of aliphatic hydroxyl groups excluding tert-OH is 1. The molecule has 21 heavy (non-hydrogen) atoms. The van der Waals surface area contributed by atoms with Crippen LogP contribution in [0.4, 0.5) is 0 Å². The Labute approximate surface area is 131 Å². The number of fused-ring (bicyclic) bond motifs is 3. The van der Waals surface area contributed by atoms with Gasteiger partial charge in [-0.25, -0.2) is 0 Å². The van der Waals surface area contributed by atoms with Crippen molar-refractivity contribution in [2.75, 3.05) is 0 Å². The molecule has 0 spiro atoms. The minimum absolute atomic E-state index is 0.0593. The second-order valence-corrected chi connectivity index (χ2v) is 9.64. The van der Waals surface area contributed by atoms with Crippen molar-refractivity contribution in [3.8, 4) is 0 Å². The lowest BCUT2D eigenvalue weighted by molar-refractivity contribution is -0.121. The quantitative estimate of drug-likeness (QED) is 0.644. The zero-order valence-electron chi connectivity index (χ0n) is 14.9. The van der Waals surface area contributed by atoms with Crippen LogP contribution in [0.2, 0.25) is 0 Å². The molecule has 0 radical (unpaired) electrons. The SMILES string of the molecule is C[C@@H]1CCC(O)[C@@]2(C)CC[C@H]3[C@H](C)CC[C@@H](C[C@H]12)C3(C)C. The van der Waals surface area contributed by atoms with Gasteiger partial charge in [-0.2, -0.15) is 0 Å². The molecule has 1 nitrogen and oxygen atoms in total. The van der Waals surface area contributed by atoms with Crippen LogP contribution in [0.15, 0.2) is 0 Å². The second kappa shape index (κ2) is 5.25. The Hall–Kier alpha value is -0.0400. The highest BCUT2D eigenvalue weighted by Crippen LogP contribution is 2.60. The maximum Gasteiger partial charge on any atom is 0.0596 e. The molecule has 0 aromatic rings. The number of aliphatic hydroxyl groups is 1. The van der Waals surface area contributed by atoms with Gasteiger partial charge in [0.15, 0.2) is 0 Å². The van der Waals surface area contributed by atoms with Gasteiger partial charge in [0.05, 0.1) is 6.10 Å². The summed E-state index contributed by atoms with van der Waals surface area (Å²) < 4.78 is 0. The normalized spacial score (nSPS) is 53.4. The molecule has 0 aromatic heterocycles. The average molecular weight is 293 g/mol. The van der Waals surface area contributed by atoms with Gasteiger partial charge in [-0.1, -0.05) is 41.0 Å². The molecular formula is C20H36O. The predicted molar refractivity (Wildman–Crippen MR) is 89.0 cm³/mol. The summed E-state index contributed by atoms with van der Waals surface area (Å²) in [4.78, 5) is 0. The van der Waals surface area contributed by atoms with Crippen LogP contribution in [0.1, 0.15) is 79.6 Å². The van der Waals surface area contributed by atoms with Crippen molar-refractivity contribution < 1.29 is 5.11 Å². The molecule has 0 aliphatic heterocycles. The Balaban J connectivity index is 1.94. The standard InChI is InChI=1S/C20H36O/c1-13-6-8-15-12-17-14(2)7-9-18(21)20(17,5)11-10-16(13)19(15,3)4/h13-18,21H,6-12H2,1-5H3/t13-,14-,15+,16+,17-,18?,20+/m1/s1. The predicted octanol–water partition coefficient (Wildman–Crippen LogP) is 5.27. The Morgan fingerprint density at radius 2 is 1.43 bits per heavy atom. The fraction of sp³-hybridized carbons (Fsp3) is 1.00. The van der Waals surface area contributed by atoms with Gasteiger partial charge in [-0.3, -0.25) is 0 Å². The third-order valence-electron chi connectivity index (χ3n) is 8.39. The molecule has 0 heterocycles. The highest BCUT2D eigenvalue weighted by Gasteiger charge is 2.53. The Morgan fingerprint density at radius 1 is 0.810 bits per heavy atom. The molecule has 1 unspecified atom stereocenters. The van der Waals surface area contributed by atoms with E-state index in [2.05, 4.69) is 34.6 Å². The molecule has 3 aliphatic carbocycles. The minimum atomic E-state index is -0.0593. The molecule has 2 bridgehead atoms. The zero-order valence-corrected chi connectivity index (χ0v) is 14.9. The van der Waals surface area contributed by atoms with Gasteiger partial charge in [-0.05, 0) is 78.9 Å². The van der Waals surface area contributed by atoms with Gasteiger partial charge >= 0.3 is 0 Å². The van der Waals surface area contributed by atoms with Gasteiger partial charge in [-0.15, -0.1) is 0 Å². The third kappa shape index (κ3) is 2.38. The van der Waals surface area contributed by atoms with Gasteiger partial charge in [0.1, 0.15) is 0 Å². The summed E-state index contributed by atoms with van der Waals surface area (Å²) in [5.74, 6) is 4.13. The molecule has 122 valence electrons. The molecule has 0 amide bonds. The van der Waals surface area contributed by atoms with E-state index in [-0.39, 0.29) is 11.5 Å². The van der Waals surface area contributed by atoms with Crippen LogP contribution in [0, 0.1) is 40.4 Å². The minimum Gasteiger partial charge on any atom is -0.393 e. The van der Waals surface area contributed by atoms with Crippen molar-refractivity contribution in [1.82, 2.24) is 0 Å². The van der Waals surface area contributed by atoms with Crippen molar-refractivity contribution >= 4 is 0 Å². The molecular weight excluding hydrogens is 256 g/mol. The van der Waals surface area contributed by atoms with Crippen LogP contribution in [0.3, 0.4) is 0 Å². The molecule has 3 rings (SSSR count). The van der Waals surface area contributed by atoms with E-state index >= 15 is 0 Å². The van der Waals surface area contributed by atoms with E-state index in [1.807, 2.05) is 0 Å². The van der Waals surface area contributed by atoms with Crippen LogP contribution >= 0.6 is 0 Å². The van der Waals surface area contributed by atoms with E-state index in [1.54, 1.807) is 0 Å². The first kappa shape index (κ1) is 15.8. The molecule has 0 saturated heterocycles. The van der Waals surface area contributed by atoms with Gasteiger partial charge in [0.2, 0.25) is 0 Å². The molecule has 3 aliphatic rings. The summed E-state index contributed by atoms with van der Waals surface area (Å²) in [5.41, 5.74) is 0.683. The summed E-state index contributed by atoms with van der Waals surface area (Å²) in [6.45, 7) is 12.4. The molecule has 1 N–H and O–H groups in total. The third-order valence-corrected chi connectivity index (χ3v) is 8.39. The van der Waals surface area contributed by atoms with Crippen molar-refractivity contribution in [2.45, 2.75) is 85.7 Å². The maximum atomic E-state index is 10.8. The molecule has 7 atom stereocenters. The average Bonchev–Trinajstić information content (AvgIpc) is 2.40. The largest absolute Gasteiger partial charge is 0.393 e. The summed E-state index contributed by atoms with van der Waals surface area (Å²) in [6, 6.07) is 0. The van der Waals surface area contributed by atoms with Crippen LogP contribution in [0.5, 0.6) is 0 Å². The zero-order chi connectivity index (χ0) is 15.4. The monoisotopic (exact) mass is 292 g/mol. The first-order valence-electron chi connectivity index (χ1n) is 9.45. The fourth-order valence-electron chi connectivity index (χ4n) is 6.63. The smallest absolute Gasteiger partial charge is 0.0596 e. The highest BCUT2D eigenvalue weighted by atomic mass is 16.3. The highest BCUT2D eigenvalue weighted by molar-refractivity contribution is 5.03. The summed E-state index contributed by atoms with van der Waals surface area (Å²) in [5, 5.41) is 10.8. The number of rotatable bonds is 0. The molecule has 0 aromatic carbocycles. The van der Waals surface area contributed by atoms with Crippen molar-refractivity contribution in [3.05, 3.63) is 0 Å². The number of hydrogen-bond donors (Lipinski definition) is 1. The maximum absolute atomic E-state index is 10.8. The van der Waals surface area contributed by atoms with Gasteiger partial charge in [0, 0.05) is 0 Å². The van der Waals surface area contributed by atoms with Crippen LogP contribution in [-0.2, 0) is 0 Å². The van der Waals surface area contributed by atoms with E-state index in [9.17, 15) is 5.11 Å². The van der Waals surface area contributed by atoms with E-state index in [4.69, 9.17) is 0 Å². The lowest BCUT2D eigenvalue weighted by Gasteiger charge is -2.58. The van der Waals surface area contributed by atoms with E-state index in [0.29, 0.717) is 5.41 Å². The summed E-state index contributed by atoms with van der Waals surface area (Å²) in [6.07, 6.45) is 8.99. The molecule has 1 heteroatoms. The second-order valence-electron chi connectivity index (χ2n) is 9.64. The summed E-state index contributed by atoms with van der Waals surface area (Å²) in [7, 11) is 0. The van der Waals surface area contributed by atoms with Crippen molar-refractivity contribution in [1.29, 1.82) is 0 Å². The number of hydrogen-bond acceptors (Lipinski definition) is 1. The van der Waals surface area contributed by atoms with Crippen LogP contribution in [-0.4, -0.2) is 11.2 Å². The van der Waals surface area contributed by atoms with Gasteiger partial charge in [0.25, 0.3) is 0 Å². The van der Waals surface area contributed by atoms with Crippen LogP contribution in [0.25, 0.3) is 0 Å². The van der Waals surface area contributed by atoms with Crippen LogP contribution < -0.4 is 0 Å². The van der Waals surface area contributed by atoms with E-state index < -0.39 is 0 Å². The first-order valence-corrected chi connectivity index (χ1v) is 9.45. The van der Waals surface area contributed by atoms with Gasteiger partial charge < -0.3 is 5.11 Å². The topological polar surface area (TPSA) is 20.2 Å². The lowest BCUT2D eigenvalue weighted by atomic mass is 9.48. The van der Waals surface area contributed by atoms with Crippen molar-refractivity contribution in [2.24, 2.45) is 40.4 Å². The first-order chi connectivity index (χ1) is 9.76. The Morgan fingerprint density at radius 3 is 2.14 bits per heavy atom. The van der Waals surface area contributed by atoms with Crippen molar-refractivity contribution in [3.63, 3.8) is 0 Å². The molecule has 3 fully saturated rings. The van der Waals surface area contributed by atoms with E-state index in [0.717, 1.165) is 36.0 Å². The lowest BCUT2D eigenvalue weighted by Crippen LogP contribution is -2.52. The molecule has 3 saturated carbocycles. The Kier molecular flexibility index (Phi) is 3.96.